The number of thiophene rings is 1. The Morgan fingerprint density at radius 3 is 2.44 bits per heavy atom. The second kappa shape index (κ2) is 7.99. The normalized spacial score (nSPS) is 10.5. The Labute approximate surface area is 152 Å². The number of carbonyl (C=O) groups is 1. The maximum absolute atomic E-state index is 12.3. The molecule has 0 radical (unpaired) electrons. The molecule has 25 heavy (non-hydrogen) atoms. The molecule has 3 aromatic rings. The van der Waals surface area contributed by atoms with Gasteiger partial charge in [0.15, 0.2) is 0 Å². The number of aryl methyl sites for hydroxylation is 2. The molecule has 0 saturated carbocycles. The summed E-state index contributed by atoms with van der Waals surface area (Å²) in [6.07, 6.45) is 1.02. The molecule has 0 bridgehead atoms. The maximum atomic E-state index is 12.3. The molecule has 0 aliphatic rings. The van der Waals surface area contributed by atoms with Crippen LogP contribution in [-0.4, -0.2) is 5.91 Å². The molecule has 0 aliphatic carbocycles. The van der Waals surface area contributed by atoms with Gasteiger partial charge in [0, 0.05) is 11.3 Å². The van der Waals surface area contributed by atoms with Crippen LogP contribution in [0.1, 0.15) is 33.3 Å². The minimum Gasteiger partial charge on any atom is -0.489 e. The van der Waals surface area contributed by atoms with E-state index >= 15 is 0 Å². The number of hydrogen-bond acceptors (Lipinski definition) is 3. The van der Waals surface area contributed by atoms with Crippen LogP contribution in [0.25, 0.3) is 0 Å². The molecule has 0 unspecified atom stereocenters. The van der Waals surface area contributed by atoms with Crippen molar-refractivity contribution in [2.75, 3.05) is 5.32 Å². The van der Waals surface area contributed by atoms with Gasteiger partial charge in [-0.1, -0.05) is 36.8 Å². The molecule has 0 saturated heterocycles. The van der Waals surface area contributed by atoms with E-state index in [1.54, 1.807) is 0 Å². The van der Waals surface area contributed by atoms with Gasteiger partial charge in [-0.2, -0.15) is 0 Å². The topological polar surface area (TPSA) is 38.3 Å². The first-order valence-electron chi connectivity index (χ1n) is 8.31. The fourth-order valence-corrected chi connectivity index (χ4v) is 3.18. The first-order chi connectivity index (χ1) is 12.1. The number of ether oxygens (including phenoxy) is 1. The zero-order valence-electron chi connectivity index (χ0n) is 14.4. The monoisotopic (exact) mass is 351 g/mol. The number of amides is 1. The van der Waals surface area contributed by atoms with Crippen LogP contribution >= 0.6 is 11.3 Å². The molecule has 3 rings (SSSR count). The summed E-state index contributed by atoms with van der Waals surface area (Å²) < 4.78 is 5.79. The average molecular weight is 351 g/mol. The van der Waals surface area contributed by atoms with Gasteiger partial charge in [-0.3, -0.25) is 4.79 Å². The summed E-state index contributed by atoms with van der Waals surface area (Å²) in [6, 6.07) is 17.8. The zero-order chi connectivity index (χ0) is 17.6. The Morgan fingerprint density at radius 1 is 1.04 bits per heavy atom. The minimum absolute atomic E-state index is 0.0904. The summed E-state index contributed by atoms with van der Waals surface area (Å²) >= 11 is 1.43. The van der Waals surface area contributed by atoms with E-state index in [4.69, 9.17) is 4.74 Å². The van der Waals surface area contributed by atoms with Crippen molar-refractivity contribution in [2.24, 2.45) is 0 Å². The van der Waals surface area contributed by atoms with Crippen LogP contribution in [0, 0.1) is 6.92 Å². The van der Waals surface area contributed by atoms with E-state index in [1.807, 2.05) is 54.8 Å². The van der Waals surface area contributed by atoms with Crippen molar-refractivity contribution in [3.63, 3.8) is 0 Å². The fraction of sp³-hybridized carbons (Fsp3) is 0.190. The van der Waals surface area contributed by atoms with E-state index in [-0.39, 0.29) is 5.91 Å². The SMILES string of the molecule is CCc1ccc(OCc2csc(C(=O)Nc3ccc(C)cc3)c2)cc1. The summed E-state index contributed by atoms with van der Waals surface area (Å²) in [4.78, 5) is 13.0. The third-order valence-corrected chi connectivity index (χ3v) is 4.90. The van der Waals surface area contributed by atoms with Crippen LogP contribution in [-0.2, 0) is 13.0 Å². The van der Waals surface area contributed by atoms with Gasteiger partial charge in [-0.05, 0) is 54.6 Å². The second-order valence-electron chi connectivity index (χ2n) is 5.93. The lowest BCUT2D eigenvalue weighted by atomic mass is 10.2. The average Bonchev–Trinajstić information content (AvgIpc) is 3.11. The molecule has 0 fully saturated rings. The summed E-state index contributed by atoms with van der Waals surface area (Å²) in [7, 11) is 0. The lowest BCUT2D eigenvalue weighted by molar-refractivity contribution is 0.103. The van der Waals surface area contributed by atoms with Crippen molar-refractivity contribution in [1.82, 2.24) is 0 Å². The van der Waals surface area contributed by atoms with Gasteiger partial charge < -0.3 is 10.1 Å². The van der Waals surface area contributed by atoms with Crippen LogP contribution in [0.2, 0.25) is 0 Å². The van der Waals surface area contributed by atoms with Crippen molar-refractivity contribution < 1.29 is 9.53 Å². The molecule has 1 amide bonds. The van der Waals surface area contributed by atoms with Gasteiger partial charge in [-0.25, -0.2) is 0 Å². The van der Waals surface area contributed by atoms with Crippen LogP contribution < -0.4 is 10.1 Å². The van der Waals surface area contributed by atoms with Gasteiger partial charge in [-0.15, -0.1) is 11.3 Å². The van der Waals surface area contributed by atoms with Crippen molar-refractivity contribution >= 4 is 22.9 Å². The van der Waals surface area contributed by atoms with Crippen LogP contribution in [0.3, 0.4) is 0 Å². The number of nitrogens with one attached hydrogen (secondary N) is 1. The molecule has 1 N–H and O–H groups in total. The molecule has 1 aromatic heterocycles. The number of hydrogen-bond donors (Lipinski definition) is 1. The highest BCUT2D eigenvalue weighted by atomic mass is 32.1. The van der Waals surface area contributed by atoms with E-state index < -0.39 is 0 Å². The van der Waals surface area contributed by atoms with Gasteiger partial charge in [0.2, 0.25) is 0 Å². The van der Waals surface area contributed by atoms with Gasteiger partial charge in [0.1, 0.15) is 12.4 Å². The first-order valence-corrected chi connectivity index (χ1v) is 9.19. The number of rotatable bonds is 6. The molecule has 128 valence electrons. The third kappa shape index (κ3) is 4.70. The highest BCUT2D eigenvalue weighted by molar-refractivity contribution is 7.12. The van der Waals surface area contributed by atoms with E-state index in [9.17, 15) is 4.79 Å². The van der Waals surface area contributed by atoms with Crippen molar-refractivity contribution in [2.45, 2.75) is 26.9 Å². The van der Waals surface area contributed by atoms with Gasteiger partial charge in [0.25, 0.3) is 5.91 Å². The second-order valence-corrected chi connectivity index (χ2v) is 6.84. The van der Waals surface area contributed by atoms with E-state index in [2.05, 4.69) is 24.4 Å². The Bertz CT molecular complexity index is 835. The van der Waals surface area contributed by atoms with E-state index in [0.29, 0.717) is 11.5 Å². The number of benzene rings is 2. The quantitative estimate of drug-likeness (QED) is 0.641. The summed E-state index contributed by atoms with van der Waals surface area (Å²) in [5.74, 6) is 0.751. The molecular formula is C21H21NO2S. The van der Waals surface area contributed by atoms with E-state index in [1.165, 1.54) is 22.5 Å². The highest BCUT2D eigenvalue weighted by Crippen LogP contribution is 2.20. The largest absolute Gasteiger partial charge is 0.489 e. The maximum Gasteiger partial charge on any atom is 0.265 e. The molecule has 1 heterocycles. The van der Waals surface area contributed by atoms with Crippen LogP contribution in [0.4, 0.5) is 5.69 Å². The van der Waals surface area contributed by atoms with Crippen molar-refractivity contribution in [3.05, 3.63) is 81.5 Å². The molecule has 2 aromatic carbocycles. The molecule has 0 spiro atoms. The minimum atomic E-state index is -0.0904. The lowest BCUT2D eigenvalue weighted by Crippen LogP contribution is -2.10. The van der Waals surface area contributed by atoms with Gasteiger partial charge >= 0.3 is 0 Å². The molecular weight excluding hydrogens is 330 g/mol. The zero-order valence-corrected chi connectivity index (χ0v) is 15.2. The predicted molar refractivity (Wildman–Crippen MR) is 104 cm³/mol. The number of carbonyl (C=O) groups excluding carboxylic acids is 1. The Balaban J connectivity index is 1.57. The number of anilines is 1. The van der Waals surface area contributed by atoms with Crippen molar-refractivity contribution in [3.8, 4) is 5.75 Å². The Kier molecular flexibility index (Phi) is 5.51. The van der Waals surface area contributed by atoms with Crippen molar-refractivity contribution in [1.29, 1.82) is 0 Å². The standard InChI is InChI=1S/C21H21NO2S/c1-3-16-6-10-19(11-7-16)24-13-17-12-20(25-14-17)21(23)22-18-8-4-15(2)5-9-18/h4-12,14H,3,13H2,1-2H3,(H,22,23). The molecule has 0 atom stereocenters. The Morgan fingerprint density at radius 2 is 1.76 bits per heavy atom. The highest BCUT2D eigenvalue weighted by Gasteiger charge is 2.10. The summed E-state index contributed by atoms with van der Waals surface area (Å²) in [6.45, 7) is 4.61. The lowest BCUT2D eigenvalue weighted by Gasteiger charge is -2.05. The summed E-state index contributed by atoms with van der Waals surface area (Å²) in [5.41, 5.74) is 4.26. The predicted octanol–water partition coefficient (Wildman–Crippen LogP) is 5.45. The smallest absolute Gasteiger partial charge is 0.265 e. The Hall–Kier alpha value is -2.59. The van der Waals surface area contributed by atoms with Crippen LogP contribution in [0.15, 0.2) is 60.0 Å². The summed E-state index contributed by atoms with van der Waals surface area (Å²) in [5, 5.41) is 4.88. The van der Waals surface area contributed by atoms with E-state index in [0.717, 1.165) is 23.4 Å². The first kappa shape index (κ1) is 17.2. The third-order valence-electron chi connectivity index (χ3n) is 3.92. The van der Waals surface area contributed by atoms with Gasteiger partial charge in [0.05, 0.1) is 4.88 Å². The van der Waals surface area contributed by atoms with Crippen LogP contribution in [0.5, 0.6) is 5.75 Å². The fourth-order valence-electron chi connectivity index (χ4n) is 2.39. The molecule has 0 aliphatic heterocycles. The molecule has 4 heteroatoms. The molecule has 3 nitrogen and oxygen atoms in total.